The van der Waals surface area contributed by atoms with Gasteiger partial charge in [-0.25, -0.2) is 0 Å². The second kappa shape index (κ2) is 7.62. The van der Waals surface area contributed by atoms with Gasteiger partial charge >= 0.3 is 0 Å². The molecular formula is C16H29N3O3. The van der Waals surface area contributed by atoms with E-state index in [0.29, 0.717) is 6.61 Å². The highest BCUT2D eigenvalue weighted by Crippen LogP contribution is 2.34. The third-order valence-corrected chi connectivity index (χ3v) is 5.08. The second-order valence-electron chi connectivity index (χ2n) is 6.74. The highest BCUT2D eigenvalue weighted by Gasteiger charge is 2.43. The maximum atomic E-state index is 6.26. The summed E-state index contributed by atoms with van der Waals surface area (Å²) in [6, 6.07) is 0. The number of oxime groups is 1. The lowest BCUT2D eigenvalue weighted by Gasteiger charge is -2.36. The molecule has 3 aliphatic rings. The average Bonchev–Trinajstić information content (AvgIpc) is 3.04. The van der Waals surface area contributed by atoms with E-state index in [1.54, 1.807) is 7.11 Å². The number of methoxy groups -OCH3 is 1. The molecule has 0 amide bonds. The Morgan fingerprint density at radius 3 is 2.95 bits per heavy atom. The highest BCUT2D eigenvalue weighted by molar-refractivity contribution is 5.83. The standard InChI is InChI=1S/C16H29N3O3/c1-20-10-6-16(5-7-17-13-16)15-18-21-12-14(22-15)11-19-8-3-2-4-9-19/h14,17H,2-13H2,1H3. The van der Waals surface area contributed by atoms with E-state index in [1.807, 2.05) is 0 Å². The SMILES string of the molecule is COCCC1(C2=NOCC(CN3CCCCC3)O2)CCNC1. The number of ether oxygens (including phenoxy) is 2. The van der Waals surface area contributed by atoms with Gasteiger partial charge in [0.1, 0.15) is 6.10 Å². The molecule has 6 nitrogen and oxygen atoms in total. The third-order valence-electron chi connectivity index (χ3n) is 5.08. The molecule has 2 unspecified atom stereocenters. The first-order chi connectivity index (χ1) is 10.8. The summed E-state index contributed by atoms with van der Waals surface area (Å²) < 4.78 is 11.5. The summed E-state index contributed by atoms with van der Waals surface area (Å²) in [5.41, 5.74) is -0.0590. The van der Waals surface area contributed by atoms with Gasteiger partial charge in [0.15, 0.2) is 6.61 Å². The van der Waals surface area contributed by atoms with Crippen LogP contribution < -0.4 is 5.32 Å². The van der Waals surface area contributed by atoms with Gasteiger partial charge in [-0.15, -0.1) is 0 Å². The Morgan fingerprint density at radius 1 is 1.36 bits per heavy atom. The minimum absolute atomic E-state index is 0.0590. The number of nitrogens with one attached hydrogen (secondary N) is 1. The lowest BCUT2D eigenvalue weighted by Crippen LogP contribution is -2.46. The molecule has 2 fully saturated rings. The van der Waals surface area contributed by atoms with E-state index in [-0.39, 0.29) is 11.5 Å². The summed E-state index contributed by atoms with van der Waals surface area (Å²) in [6.45, 7) is 6.50. The smallest absolute Gasteiger partial charge is 0.233 e. The van der Waals surface area contributed by atoms with Crippen LogP contribution in [0.2, 0.25) is 0 Å². The van der Waals surface area contributed by atoms with Crippen molar-refractivity contribution in [1.82, 2.24) is 10.2 Å². The van der Waals surface area contributed by atoms with Crippen molar-refractivity contribution >= 4 is 5.90 Å². The molecular weight excluding hydrogens is 282 g/mol. The number of hydrogen-bond donors (Lipinski definition) is 1. The van der Waals surface area contributed by atoms with Crippen LogP contribution >= 0.6 is 0 Å². The van der Waals surface area contributed by atoms with Crippen LogP contribution in [-0.4, -0.2) is 69.9 Å². The van der Waals surface area contributed by atoms with Crippen LogP contribution in [0.25, 0.3) is 0 Å². The zero-order chi connectivity index (χ0) is 15.3. The highest BCUT2D eigenvalue weighted by atomic mass is 16.7. The van der Waals surface area contributed by atoms with Gasteiger partial charge in [-0.1, -0.05) is 11.6 Å². The Kier molecular flexibility index (Phi) is 5.55. The molecule has 2 saturated heterocycles. The minimum atomic E-state index is -0.0590. The van der Waals surface area contributed by atoms with Crippen LogP contribution in [0.3, 0.4) is 0 Å². The van der Waals surface area contributed by atoms with Crippen molar-refractivity contribution in [3.63, 3.8) is 0 Å². The van der Waals surface area contributed by atoms with E-state index in [2.05, 4.69) is 15.4 Å². The first kappa shape index (κ1) is 16.0. The number of piperidine rings is 1. The minimum Gasteiger partial charge on any atom is -0.470 e. The Bertz CT molecular complexity index is 377. The summed E-state index contributed by atoms with van der Waals surface area (Å²) in [7, 11) is 1.75. The third kappa shape index (κ3) is 3.73. The van der Waals surface area contributed by atoms with Crippen molar-refractivity contribution < 1.29 is 14.3 Å². The fraction of sp³-hybridized carbons (Fsp3) is 0.938. The zero-order valence-electron chi connectivity index (χ0n) is 13.7. The molecule has 0 bridgehead atoms. The van der Waals surface area contributed by atoms with Crippen molar-refractivity contribution in [2.24, 2.45) is 10.6 Å². The summed E-state index contributed by atoms with van der Waals surface area (Å²) in [5.74, 6) is 0.780. The van der Waals surface area contributed by atoms with Crippen molar-refractivity contribution in [3.05, 3.63) is 0 Å². The topological polar surface area (TPSA) is 55.3 Å². The zero-order valence-corrected chi connectivity index (χ0v) is 13.7. The van der Waals surface area contributed by atoms with Gasteiger partial charge in [-0.05, 0) is 45.3 Å². The molecule has 0 saturated carbocycles. The van der Waals surface area contributed by atoms with E-state index in [0.717, 1.165) is 45.0 Å². The van der Waals surface area contributed by atoms with E-state index in [4.69, 9.17) is 14.3 Å². The van der Waals surface area contributed by atoms with Gasteiger partial charge in [-0.2, -0.15) is 0 Å². The quantitative estimate of drug-likeness (QED) is 0.799. The maximum absolute atomic E-state index is 6.26. The normalized spacial score (nSPS) is 33.1. The molecule has 0 aromatic carbocycles. The van der Waals surface area contributed by atoms with E-state index in [9.17, 15) is 0 Å². The Hall–Kier alpha value is -0.850. The average molecular weight is 311 g/mol. The van der Waals surface area contributed by atoms with Crippen molar-refractivity contribution in [3.8, 4) is 0 Å². The van der Waals surface area contributed by atoms with Crippen molar-refractivity contribution in [2.75, 3.05) is 53.0 Å². The first-order valence-electron chi connectivity index (χ1n) is 8.61. The fourth-order valence-electron chi connectivity index (χ4n) is 3.68. The van der Waals surface area contributed by atoms with E-state index < -0.39 is 0 Å². The van der Waals surface area contributed by atoms with Gasteiger partial charge < -0.3 is 19.6 Å². The van der Waals surface area contributed by atoms with Gasteiger partial charge in [0.2, 0.25) is 5.90 Å². The first-order valence-corrected chi connectivity index (χ1v) is 8.61. The van der Waals surface area contributed by atoms with E-state index >= 15 is 0 Å². The molecule has 3 aliphatic heterocycles. The summed E-state index contributed by atoms with van der Waals surface area (Å²) in [6.07, 6.45) is 6.03. The van der Waals surface area contributed by atoms with Crippen LogP contribution in [-0.2, 0) is 14.3 Å². The molecule has 3 rings (SSSR count). The second-order valence-corrected chi connectivity index (χ2v) is 6.74. The van der Waals surface area contributed by atoms with E-state index in [1.165, 1.54) is 32.4 Å². The molecule has 0 radical (unpaired) electrons. The lowest BCUT2D eigenvalue weighted by atomic mass is 9.83. The Morgan fingerprint density at radius 2 is 2.23 bits per heavy atom. The Labute approximate surface area is 133 Å². The predicted molar refractivity (Wildman–Crippen MR) is 85.0 cm³/mol. The molecule has 0 aliphatic carbocycles. The molecule has 22 heavy (non-hydrogen) atoms. The van der Waals surface area contributed by atoms with Crippen LogP contribution in [0.4, 0.5) is 0 Å². The van der Waals surface area contributed by atoms with Crippen LogP contribution in [0.5, 0.6) is 0 Å². The number of likely N-dealkylation sites (tertiary alicyclic amines) is 1. The van der Waals surface area contributed by atoms with Crippen molar-refractivity contribution in [2.45, 2.75) is 38.2 Å². The molecule has 126 valence electrons. The van der Waals surface area contributed by atoms with Gasteiger partial charge in [0.25, 0.3) is 0 Å². The molecule has 0 spiro atoms. The predicted octanol–water partition coefficient (Wildman–Crippen LogP) is 1.22. The number of rotatable bonds is 6. The number of nitrogens with zero attached hydrogens (tertiary/aromatic N) is 2. The monoisotopic (exact) mass is 311 g/mol. The summed E-state index contributed by atoms with van der Waals surface area (Å²) >= 11 is 0. The van der Waals surface area contributed by atoms with Gasteiger partial charge in [0, 0.05) is 26.8 Å². The van der Waals surface area contributed by atoms with Crippen LogP contribution in [0, 0.1) is 5.41 Å². The van der Waals surface area contributed by atoms with Crippen LogP contribution in [0.15, 0.2) is 5.16 Å². The number of hydrogen-bond acceptors (Lipinski definition) is 6. The summed E-state index contributed by atoms with van der Waals surface area (Å²) in [5, 5.41) is 7.69. The molecule has 6 heteroatoms. The molecule has 0 aromatic heterocycles. The fourth-order valence-corrected chi connectivity index (χ4v) is 3.68. The molecule has 2 atom stereocenters. The molecule has 0 aromatic rings. The maximum Gasteiger partial charge on any atom is 0.233 e. The summed E-state index contributed by atoms with van der Waals surface area (Å²) in [4.78, 5) is 8.02. The largest absolute Gasteiger partial charge is 0.470 e. The van der Waals surface area contributed by atoms with Crippen LogP contribution in [0.1, 0.15) is 32.1 Å². The lowest BCUT2D eigenvalue weighted by molar-refractivity contribution is -0.0225. The van der Waals surface area contributed by atoms with Gasteiger partial charge in [0.05, 0.1) is 5.41 Å². The Balaban J connectivity index is 1.59. The molecule has 1 N–H and O–H groups in total. The molecule has 3 heterocycles. The van der Waals surface area contributed by atoms with Gasteiger partial charge in [-0.3, -0.25) is 4.90 Å². The van der Waals surface area contributed by atoms with Crippen molar-refractivity contribution in [1.29, 1.82) is 0 Å².